The zero-order valence-electron chi connectivity index (χ0n) is 10.7. The van der Waals surface area contributed by atoms with Crippen LogP contribution in [0.5, 0.6) is 5.75 Å². The molecule has 1 aromatic heterocycles. The highest BCUT2D eigenvalue weighted by atomic mass is 79.9. The van der Waals surface area contributed by atoms with Crippen molar-refractivity contribution in [3.8, 4) is 5.75 Å². The Morgan fingerprint density at radius 3 is 2.67 bits per heavy atom. The summed E-state index contributed by atoms with van der Waals surface area (Å²) in [5, 5.41) is 3.36. The number of nitrogens with one attached hydrogen (secondary N) is 1. The molecule has 0 saturated heterocycles. The maximum absolute atomic E-state index is 5.28. The van der Waals surface area contributed by atoms with Gasteiger partial charge in [0.15, 0.2) is 0 Å². The lowest BCUT2D eigenvalue weighted by atomic mass is 10.0. The van der Waals surface area contributed by atoms with Gasteiger partial charge in [0, 0.05) is 4.88 Å². The van der Waals surface area contributed by atoms with Crippen LogP contribution in [0, 0.1) is 6.92 Å². The largest absolute Gasteiger partial charge is 0.497 e. The van der Waals surface area contributed by atoms with Crippen molar-refractivity contribution in [2.45, 2.75) is 13.0 Å². The van der Waals surface area contributed by atoms with E-state index in [4.69, 9.17) is 4.74 Å². The van der Waals surface area contributed by atoms with Gasteiger partial charge in [0.2, 0.25) is 0 Å². The normalized spacial score (nSPS) is 12.4. The van der Waals surface area contributed by atoms with Crippen molar-refractivity contribution in [3.63, 3.8) is 0 Å². The molecule has 1 N–H and O–H groups in total. The second-order valence-electron chi connectivity index (χ2n) is 4.10. The van der Waals surface area contributed by atoms with Crippen LogP contribution in [0.15, 0.2) is 34.1 Å². The molecule has 2 nitrogen and oxygen atoms in total. The summed E-state index contributed by atoms with van der Waals surface area (Å²) in [6, 6.07) is 10.6. The molecule has 1 heterocycles. The van der Waals surface area contributed by atoms with E-state index in [1.54, 1.807) is 18.4 Å². The van der Waals surface area contributed by atoms with Crippen LogP contribution in [-0.4, -0.2) is 14.2 Å². The van der Waals surface area contributed by atoms with Crippen LogP contribution in [0.25, 0.3) is 0 Å². The third-order valence-electron chi connectivity index (χ3n) is 2.88. The zero-order valence-corrected chi connectivity index (χ0v) is 13.1. The van der Waals surface area contributed by atoms with Crippen LogP contribution < -0.4 is 10.1 Å². The molecule has 0 aliphatic heterocycles. The molecule has 4 heteroatoms. The van der Waals surface area contributed by atoms with Crippen molar-refractivity contribution < 1.29 is 4.74 Å². The summed E-state index contributed by atoms with van der Waals surface area (Å²) >= 11 is 5.35. The quantitative estimate of drug-likeness (QED) is 0.912. The minimum Gasteiger partial charge on any atom is -0.497 e. The summed E-state index contributed by atoms with van der Waals surface area (Å²) in [5.74, 6) is 0.889. The van der Waals surface area contributed by atoms with Crippen LogP contribution in [-0.2, 0) is 0 Å². The molecule has 2 rings (SSSR count). The second-order valence-corrected chi connectivity index (χ2v) is 6.51. The van der Waals surface area contributed by atoms with Gasteiger partial charge < -0.3 is 10.1 Å². The van der Waals surface area contributed by atoms with E-state index < -0.39 is 0 Å². The molecule has 18 heavy (non-hydrogen) atoms. The van der Waals surface area contributed by atoms with E-state index in [0.717, 1.165) is 5.75 Å². The van der Waals surface area contributed by atoms with Crippen molar-refractivity contribution in [1.82, 2.24) is 5.32 Å². The lowest BCUT2D eigenvalue weighted by Gasteiger charge is -2.15. The number of hydrogen-bond donors (Lipinski definition) is 1. The van der Waals surface area contributed by atoms with E-state index >= 15 is 0 Å². The Bertz CT molecular complexity index is 519. The smallest absolute Gasteiger partial charge is 0.119 e. The van der Waals surface area contributed by atoms with Crippen molar-refractivity contribution in [3.05, 3.63) is 50.1 Å². The monoisotopic (exact) mass is 325 g/mol. The fourth-order valence-corrected chi connectivity index (χ4v) is 3.63. The van der Waals surface area contributed by atoms with Crippen LogP contribution in [0.2, 0.25) is 0 Å². The number of ether oxygens (including phenoxy) is 1. The molecule has 0 amide bonds. The first kappa shape index (κ1) is 13.6. The van der Waals surface area contributed by atoms with Crippen molar-refractivity contribution in [2.24, 2.45) is 0 Å². The van der Waals surface area contributed by atoms with Crippen LogP contribution >= 0.6 is 27.3 Å². The number of aryl methyl sites for hydroxylation is 1. The summed E-state index contributed by atoms with van der Waals surface area (Å²) in [5.41, 5.74) is 2.49. The minimum absolute atomic E-state index is 0.204. The average molecular weight is 326 g/mol. The Balaban J connectivity index is 2.38. The molecule has 0 fully saturated rings. The van der Waals surface area contributed by atoms with Gasteiger partial charge in [-0.1, -0.05) is 12.1 Å². The number of rotatable bonds is 4. The van der Waals surface area contributed by atoms with E-state index in [-0.39, 0.29) is 6.04 Å². The van der Waals surface area contributed by atoms with Gasteiger partial charge in [0.05, 0.1) is 16.9 Å². The van der Waals surface area contributed by atoms with E-state index in [2.05, 4.69) is 46.4 Å². The van der Waals surface area contributed by atoms with Gasteiger partial charge in [0.25, 0.3) is 0 Å². The summed E-state index contributed by atoms with van der Waals surface area (Å²) < 4.78 is 6.48. The van der Waals surface area contributed by atoms with Gasteiger partial charge in [-0.2, -0.15) is 0 Å². The Kier molecular flexibility index (Phi) is 4.43. The van der Waals surface area contributed by atoms with E-state index in [1.165, 1.54) is 19.8 Å². The average Bonchev–Trinajstić information content (AvgIpc) is 2.70. The minimum atomic E-state index is 0.204. The lowest BCUT2D eigenvalue weighted by molar-refractivity contribution is 0.414. The Morgan fingerprint density at radius 1 is 1.33 bits per heavy atom. The van der Waals surface area contributed by atoms with Crippen molar-refractivity contribution in [2.75, 3.05) is 14.2 Å². The van der Waals surface area contributed by atoms with Gasteiger partial charge in [-0.3, -0.25) is 0 Å². The number of hydrogen-bond acceptors (Lipinski definition) is 3. The molecule has 0 aliphatic carbocycles. The molecular weight excluding hydrogens is 310 g/mol. The first-order chi connectivity index (χ1) is 8.65. The first-order valence-corrected chi connectivity index (χ1v) is 7.33. The predicted octanol–water partition coefficient (Wildman–Crippen LogP) is 4.14. The van der Waals surface area contributed by atoms with Crippen LogP contribution in [0.3, 0.4) is 0 Å². The van der Waals surface area contributed by atoms with E-state index in [0.29, 0.717) is 0 Å². The van der Waals surface area contributed by atoms with Gasteiger partial charge in [-0.25, -0.2) is 0 Å². The second kappa shape index (κ2) is 5.87. The number of benzene rings is 1. The number of halogens is 1. The van der Waals surface area contributed by atoms with Gasteiger partial charge >= 0.3 is 0 Å². The molecule has 1 aromatic carbocycles. The number of thiophene rings is 1. The highest BCUT2D eigenvalue weighted by Gasteiger charge is 2.16. The molecule has 1 unspecified atom stereocenters. The van der Waals surface area contributed by atoms with E-state index in [9.17, 15) is 0 Å². The van der Waals surface area contributed by atoms with Gasteiger partial charge in [-0.05, 0) is 59.2 Å². The Hall–Kier alpha value is -0.840. The van der Waals surface area contributed by atoms with Crippen LogP contribution in [0.1, 0.15) is 22.0 Å². The van der Waals surface area contributed by atoms with Gasteiger partial charge in [0.1, 0.15) is 5.75 Å². The van der Waals surface area contributed by atoms with Crippen molar-refractivity contribution >= 4 is 27.3 Å². The molecule has 1 atom stereocenters. The van der Waals surface area contributed by atoms with Crippen LogP contribution in [0.4, 0.5) is 0 Å². The van der Waals surface area contributed by atoms with Crippen molar-refractivity contribution in [1.29, 1.82) is 0 Å². The molecule has 0 saturated carbocycles. The molecule has 96 valence electrons. The SMILES string of the molecule is CNC(c1cccc(OC)c1)c1cc(C)c(Br)s1. The number of methoxy groups -OCH3 is 1. The molecule has 2 aromatic rings. The summed E-state index contributed by atoms with van der Waals surface area (Å²) in [6.45, 7) is 2.11. The summed E-state index contributed by atoms with van der Waals surface area (Å²) in [6.07, 6.45) is 0. The molecule has 0 aliphatic rings. The third kappa shape index (κ3) is 2.76. The maximum Gasteiger partial charge on any atom is 0.119 e. The molecular formula is C14H16BrNOS. The first-order valence-electron chi connectivity index (χ1n) is 5.72. The Morgan fingerprint density at radius 2 is 2.11 bits per heavy atom. The molecule has 0 bridgehead atoms. The standard InChI is InChI=1S/C14H16BrNOS/c1-9-7-12(18-14(9)15)13(16-2)10-5-4-6-11(8-10)17-3/h4-8,13,16H,1-3H3. The predicted molar refractivity (Wildman–Crippen MR) is 80.7 cm³/mol. The topological polar surface area (TPSA) is 21.3 Å². The molecule has 0 spiro atoms. The summed E-state index contributed by atoms with van der Waals surface area (Å²) in [4.78, 5) is 1.30. The Labute approximate surface area is 120 Å². The molecule has 0 radical (unpaired) electrons. The van der Waals surface area contributed by atoms with E-state index in [1.807, 2.05) is 19.2 Å². The third-order valence-corrected chi connectivity index (χ3v) is 5.08. The van der Waals surface area contributed by atoms with Gasteiger partial charge in [-0.15, -0.1) is 11.3 Å². The summed E-state index contributed by atoms with van der Waals surface area (Å²) in [7, 11) is 3.67. The zero-order chi connectivity index (χ0) is 13.1. The highest BCUT2D eigenvalue weighted by Crippen LogP contribution is 2.34. The highest BCUT2D eigenvalue weighted by molar-refractivity contribution is 9.11. The lowest BCUT2D eigenvalue weighted by Crippen LogP contribution is -2.16. The maximum atomic E-state index is 5.28. The fraction of sp³-hybridized carbons (Fsp3) is 0.286. The fourth-order valence-electron chi connectivity index (χ4n) is 1.92.